The normalized spacial score (nSPS) is 25.0. The quantitative estimate of drug-likeness (QED) is 0.884. The van der Waals surface area contributed by atoms with Gasteiger partial charge in [0.1, 0.15) is 5.75 Å². The maximum Gasteiger partial charge on any atom is 0.225 e. The smallest absolute Gasteiger partial charge is 0.225 e. The second-order valence-electron chi connectivity index (χ2n) is 7.14. The highest BCUT2D eigenvalue weighted by atomic mass is 35.5. The number of rotatable bonds is 5. The van der Waals surface area contributed by atoms with E-state index < -0.39 is 0 Å². The summed E-state index contributed by atoms with van der Waals surface area (Å²) >= 11 is 0. The van der Waals surface area contributed by atoms with Gasteiger partial charge in [0, 0.05) is 25.2 Å². The molecule has 1 N–H and O–H groups in total. The van der Waals surface area contributed by atoms with Gasteiger partial charge < -0.3 is 15.0 Å². The highest BCUT2D eigenvalue weighted by molar-refractivity contribution is 5.85. The van der Waals surface area contributed by atoms with Crippen molar-refractivity contribution in [2.45, 2.75) is 64.1 Å². The van der Waals surface area contributed by atoms with E-state index in [4.69, 9.17) is 4.74 Å². The van der Waals surface area contributed by atoms with Gasteiger partial charge in [0.05, 0.1) is 13.0 Å². The molecular weight excluding hydrogens is 324 g/mol. The minimum Gasteiger partial charge on any atom is -0.493 e. The van der Waals surface area contributed by atoms with E-state index in [9.17, 15) is 4.79 Å². The lowest BCUT2D eigenvalue weighted by atomic mass is 9.98. The van der Waals surface area contributed by atoms with Crippen molar-refractivity contribution in [3.63, 3.8) is 0 Å². The van der Waals surface area contributed by atoms with E-state index in [2.05, 4.69) is 18.3 Å². The standard InChI is InChI=1S/C19H28N2O2.ClH/c1-13-4-7-18(14(2)10-13)23-9-8-19(22)21(3)17-11-15-5-6-16(12-17)20-15;/h4,7,10,15-17,20H,5-6,8-9,11-12H2,1-3H3;1H. The number of nitrogens with zero attached hydrogens (tertiary/aromatic N) is 1. The van der Waals surface area contributed by atoms with Crippen LogP contribution in [0, 0.1) is 13.8 Å². The third kappa shape index (κ3) is 4.42. The van der Waals surface area contributed by atoms with E-state index in [0.717, 1.165) is 24.2 Å². The van der Waals surface area contributed by atoms with Crippen LogP contribution in [-0.2, 0) is 4.79 Å². The van der Waals surface area contributed by atoms with Crippen molar-refractivity contribution in [3.8, 4) is 5.75 Å². The molecule has 134 valence electrons. The summed E-state index contributed by atoms with van der Waals surface area (Å²) in [5, 5.41) is 3.63. The average molecular weight is 353 g/mol. The molecule has 5 heteroatoms. The van der Waals surface area contributed by atoms with Gasteiger partial charge in [-0.3, -0.25) is 4.79 Å². The predicted molar refractivity (Wildman–Crippen MR) is 99.0 cm³/mol. The number of hydrogen-bond donors (Lipinski definition) is 1. The minimum atomic E-state index is 0. The SMILES string of the molecule is Cc1ccc(OCCC(=O)N(C)C2CC3CCC(C2)N3)c(C)c1.Cl. The van der Waals surface area contributed by atoms with Gasteiger partial charge in [-0.25, -0.2) is 0 Å². The fourth-order valence-electron chi connectivity index (χ4n) is 3.93. The molecule has 2 bridgehead atoms. The van der Waals surface area contributed by atoms with Crippen LogP contribution in [0.1, 0.15) is 43.2 Å². The van der Waals surface area contributed by atoms with E-state index in [1.165, 1.54) is 18.4 Å². The van der Waals surface area contributed by atoms with Crippen LogP contribution >= 0.6 is 12.4 Å². The second kappa shape index (κ2) is 8.21. The fourth-order valence-corrected chi connectivity index (χ4v) is 3.93. The van der Waals surface area contributed by atoms with Gasteiger partial charge in [-0.2, -0.15) is 0 Å². The molecule has 1 aromatic rings. The number of aryl methyl sites for hydroxylation is 2. The second-order valence-corrected chi connectivity index (χ2v) is 7.14. The Morgan fingerprint density at radius 2 is 1.92 bits per heavy atom. The predicted octanol–water partition coefficient (Wildman–Crippen LogP) is 3.24. The van der Waals surface area contributed by atoms with E-state index in [0.29, 0.717) is 31.2 Å². The van der Waals surface area contributed by atoms with Crippen LogP contribution in [-0.4, -0.2) is 42.6 Å². The molecule has 1 aromatic carbocycles. The summed E-state index contributed by atoms with van der Waals surface area (Å²) in [4.78, 5) is 14.4. The Hall–Kier alpha value is -1.26. The van der Waals surface area contributed by atoms with Crippen molar-refractivity contribution >= 4 is 18.3 Å². The molecule has 0 aromatic heterocycles. The molecule has 2 atom stereocenters. The minimum absolute atomic E-state index is 0. The summed E-state index contributed by atoms with van der Waals surface area (Å²) in [6.07, 6.45) is 5.16. The zero-order valence-electron chi connectivity index (χ0n) is 14.9. The maximum absolute atomic E-state index is 12.4. The van der Waals surface area contributed by atoms with Gasteiger partial charge in [-0.1, -0.05) is 17.7 Å². The topological polar surface area (TPSA) is 41.6 Å². The Bertz CT molecular complexity index is 566. The molecular formula is C19H29ClN2O2. The first kappa shape index (κ1) is 19.1. The molecule has 0 aliphatic carbocycles. The van der Waals surface area contributed by atoms with Gasteiger partial charge in [0.25, 0.3) is 0 Å². The number of nitrogens with one attached hydrogen (secondary N) is 1. The van der Waals surface area contributed by atoms with Gasteiger partial charge in [-0.05, 0) is 51.2 Å². The number of fused-ring (bicyclic) bond motifs is 2. The van der Waals surface area contributed by atoms with Crippen LogP contribution in [0.15, 0.2) is 18.2 Å². The van der Waals surface area contributed by atoms with Crippen LogP contribution in [0.5, 0.6) is 5.75 Å². The lowest BCUT2D eigenvalue weighted by molar-refractivity contribution is -0.133. The molecule has 2 aliphatic heterocycles. The molecule has 0 spiro atoms. The Morgan fingerprint density at radius 3 is 2.54 bits per heavy atom. The first-order valence-corrected chi connectivity index (χ1v) is 8.74. The highest BCUT2D eigenvalue weighted by Crippen LogP contribution is 2.29. The van der Waals surface area contributed by atoms with Crippen molar-refractivity contribution < 1.29 is 9.53 Å². The lowest BCUT2D eigenvalue weighted by Crippen LogP contribution is -2.48. The van der Waals surface area contributed by atoms with Gasteiger partial charge in [-0.15, -0.1) is 12.4 Å². The molecule has 2 fully saturated rings. The number of amides is 1. The molecule has 0 saturated carbocycles. The van der Waals surface area contributed by atoms with Crippen molar-refractivity contribution in [1.82, 2.24) is 10.2 Å². The van der Waals surface area contributed by atoms with Crippen LogP contribution in [0.4, 0.5) is 0 Å². The number of hydrogen-bond acceptors (Lipinski definition) is 3. The summed E-state index contributed by atoms with van der Waals surface area (Å²) in [5.41, 5.74) is 2.35. The zero-order valence-corrected chi connectivity index (χ0v) is 15.7. The number of ether oxygens (including phenoxy) is 1. The van der Waals surface area contributed by atoms with Crippen molar-refractivity contribution in [1.29, 1.82) is 0 Å². The van der Waals surface area contributed by atoms with Crippen molar-refractivity contribution in [3.05, 3.63) is 29.3 Å². The first-order chi connectivity index (χ1) is 11.0. The van der Waals surface area contributed by atoms with Crippen molar-refractivity contribution in [2.75, 3.05) is 13.7 Å². The largest absolute Gasteiger partial charge is 0.493 e. The Balaban J connectivity index is 0.00000208. The molecule has 24 heavy (non-hydrogen) atoms. The number of piperidine rings is 1. The number of benzene rings is 1. The van der Waals surface area contributed by atoms with Gasteiger partial charge >= 0.3 is 0 Å². The Morgan fingerprint density at radius 1 is 1.25 bits per heavy atom. The summed E-state index contributed by atoms with van der Waals surface area (Å²) in [6, 6.07) is 7.75. The monoisotopic (exact) mass is 352 g/mol. The van der Waals surface area contributed by atoms with Crippen molar-refractivity contribution in [2.24, 2.45) is 0 Å². The van der Waals surface area contributed by atoms with E-state index in [1.807, 2.05) is 31.0 Å². The third-order valence-electron chi connectivity index (χ3n) is 5.29. The van der Waals surface area contributed by atoms with Crippen LogP contribution in [0.2, 0.25) is 0 Å². The summed E-state index contributed by atoms with van der Waals surface area (Å²) in [5.74, 6) is 1.08. The Labute approximate surface area is 151 Å². The molecule has 2 saturated heterocycles. The van der Waals surface area contributed by atoms with E-state index in [1.54, 1.807) is 0 Å². The average Bonchev–Trinajstić information content (AvgIpc) is 2.86. The van der Waals surface area contributed by atoms with Crippen LogP contribution < -0.4 is 10.1 Å². The van der Waals surface area contributed by atoms with Crippen LogP contribution in [0.25, 0.3) is 0 Å². The Kier molecular flexibility index (Phi) is 6.53. The first-order valence-electron chi connectivity index (χ1n) is 8.74. The molecule has 0 radical (unpaired) electrons. The molecule has 2 aliphatic rings. The molecule has 2 heterocycles. The molecule has 4 nitrogen and oxygen atoms in total. The number of halogens is 1. The maximum atomic E-state index is 12.4. The lowest BCUT2D eigenvalue weighted by Gasteiger charge is -2.35. The van der Waals surface area contributed by atoms with E-state index in [-0.39, 0.29) is 18.3 Å². The summed E-state index contributed by atoms with van der Waals surface area (Å²) in [6.45, 7) is 4.56. The fraction of sp³-hybridized carbons (Fsp3) is 0.632. The molecule has 2 unspecified atom stereocenters. The highest BCUT2D eigenvalue weighted by Gasteiger charge is 2.36. The third-order valence-corrected chi connectivity index (χ3v) is 5.29. The van der Waals surface area contributed by atoms with E-state index >= 15 is 0 Å². The molecule has 1 amide bonds. The summed E-state index contributed by atoms with van der Waals surface area (Å²) in [7, 11) is 1.95. The van der Waals surface area contributed by atoms with Gasteiger partial charge in [0.15, 0.2) is 0 Å². The number of carbonyl (C=O) groups is 1. The zero-order chi connectivity index (χ0) is 16.4. The van der Waals surface area contributed by atoms with Gasteiger partial charge in [0.2, 0.25) is 5.91 Å². The van der Waals surface area contributed by atoms with Crippen LogP contribution in [0.3, 0.4) is 0 Å². The molecule has 3 rings (SSSR count). The summed E-state index contributed by atoms with van der Waals surface area (Å²) < 4.78 is 5.79. The number of carbonyl (C=O) groups excluding carboxylic acids is 1.